The largest absolute Gasteiger partial charge is 0.484 e. The molecule has 2 rings (SSSR count). The summed E-state index contributed by atoms with van der Waals surface area (Å²) in [5.74, 6) is -0.316. The van der Waals surface area contributed by atoms with E-state index in [1.807, 2.05) is 18.2 Å². The summed E-state index contributed by atoms with van der Waals surface area (Å²) in [6.45, 7) is 1.87. The molecule has 0 aromatic heterocycles. The van der Waals surface area contributed by atoms with Gasteiger partial charge in [-0.05, 0) is 47.9 Å². The number of carbonyl (C=O) groups is 2. The topological polar surface area (TPSA) is 67.4 Å². The number of nitrogens with one attached hydrogen (secondary N) is 2. The zero-order valence-corrected chi connectivity index (χ0v) is 14.5. The van der Waals surface area contributed by atoms with E-state index in [1.54, 1.807) is 36.4 Å². The van der Waals surface area contributed by atoms with Crippen molar-refractivity contribution in [1.29, 1.82) is 0 Å². The van der Waals surface area contributed by atoms with Gasteiger partial charge in [0.2, 0.25) is 0 Å². The molecule has 0 aliphatic heterocycles. The van der Waals surface area contributed by atoms with Gasteiger partial charge in [-0.2, -0.15) is 0 Å². The molecule has 25 heavy (non-hydrogen) atoms. The van der Waals surface area contributed by atoms with Gasteiger partial charge in [0, 0.05) is 11.1 Å². The summed E-state index contributed by atoms with van der Waals surface area (Å²) in [6, 6.07) is 14.6. The van der Waals surface area contributed by atoms with Crippen molar-refractivity contribution in [3.05, 3.63) is 70.8 Å². The van der Waals surface area contributed by atoms with Crippen LogP contribution in [-0.2, 0) is 16.0 Å². The molecule has 0 radical (unpaired) electrons. The number of aryl methyl sites for hydroxylation is 1. The number of hydrogen-bond donors (Lipinski definition) is 2. The number of hydrogen-bond acceptors (Lipinski definition) is 3. The molecule has 2 amide bonds. The van der Waals surface area contributed by atoms with E-state index in [4.69, 9.17) is 16.3 Å². The van der Waals surface area contributed by atoms with E-state index in [1.165, 1.54) is 11.6 Å². The summed E-state index contributed by atoms with van der Waals surface area (Å²) < 4.78 is 5.35. The second-order valence-electron chi connectivity index (χ2n) is 5.21. The first kappa shape index (κ1) is 18.5. The summed E-state index contributed by atoms with van der Waals surface area (Å²) in [5, 5.41) is 0.583. The monoisotopic (exact) mass is 358 g/mol. The average Bonchev–Trinajstić information content (AvgIpc) is 2.63. The minimum absolute atomic E-state index is 0.191. The molecular formula is C19H19ClN2O3. The third-order valence-electron chi connectivity index (χ3n) is 3.30. The molecule has 0 heterocycles. The van der Waals surface area contributed by atoms with E-state index in [0.717, 1.165) is 12.0 Å². The highest BCUT2D eigenvalue weighted by atomic mass is 35.5. The van der Waals surface area contributed by atoms with Crippen LogP contribution in [0.15, 0.2) is 54.6 Å². The molecule has 0 unspecified atom stereocenters. The van der Waals surface area contributed by atoms with Crippen LogP contribution >= 0.6 is 11.6 Å². The second kappa shape index (κ2) is 9.49. The van der Waals surface area contributed by atoms with Gasteiger partial charge in [-0.1, -0.05) is 42.8 Å². The SMILES string of the molecule is CCc1ccc(OCC(=O)NNC(=O)/C=C/c2cccc(Cl)c2)cc1. The first-order valence-electron chi connectivity index (χ1n) is 7.81. The molecule has 0 saturated carbocycles. The number of benzene rings is 2. The smallest absolute Gasteiger partial charge is 0.276 e. The highest BCUT2D eigenvalue weighted by Gasteiger charge is 2.04. The van der Waals surface area contributed by atoms with Crippen molar-refractivity contribution < 1.29 is 14.3 Å². The Hall–Kier alpha value is -2.79. The third-order valence-corrected chi connectivity index (χ3v) is 3.54. The Kier molecular flexibility index (Phi) is 7.04. The lowest BCUT2D eigenvalue weighted by Gasteiger charge is -2.08. The van der Waals surface area contributed by atoms with E-state index in [2.05, 4.69) is 17.8 Å². The van der Waals surface area contributed by atoms with Gasteiger partial charge in [0.1, 0.15) is 5.75 Å². The lowest BCUT2D eigenvalue weighted by Crippen LogP contribution is -2.43. The highest BCUT2D eigenvalue weighted by molar-refractivity contribution is 6.30. The standard InChI is InChI=1S/C19H19ClN2O3/c1-2-14-6-9-17(10-7-14)25-13-19(24)22-21-18(23)11-8-15-4-3-5-16(20)12-15/h3-12H,2,13H2,1H3,(H,21,23)(H,22,24)/b11-8+. The van der Waals surface area contributed by atoms with E-state index >= 15 is 0 Å². The van der Waals surface area contributed by atoms with Crippen LogP contribution in [0.4, 0.5) is 0 Å². The fourth-order valence-electron chi connectivity index (χ4n) is 1.96. The Morgan fingerprint density at radius 3 is 2.56 bits per heavy atom. The van der Waals surface area contributed by atoms with Crippen LogP contribution in [0, 0.1) is 0 Å². The number of hydrazine groups is 1. The Morgan fingerprint density at radius 2 is 1.88 bits per heavy atom. The van der Waals surface area contributed by atoms with Crippen LogP contribution in [0.25, 0.3) is 6.08 Å². The average molecular weight is 359 g/mol. The van der Waals surface area contributed by atoms with Gasteiger partial charge >= 0.3 is 0 Å². The zero-order chi connectivity index (χ0) is 18.1. The molecule has 2 aromatic rings. The summed E-state index contributed by atoms with van der Waals surface area (Å²) in [7, 11) is 0. The van der Waals surface area contributed by atoms with E-state index in [9.17, 15) is 9.59 Å². The van der Waals surface area contributed by atoms with Crippen molar-refractivity contribution in [3.63, 3.8) is 0 Å². The minimum atomic E-state index is -0.458. The van der Waals surface area contributed by atoms with Crippen LogP contribution < -0.4 is 15.6 Å². The molecule has 130 valence electrons. The van der Waals surface area contributed by atoms with E-state index in [0.29, 0.717) is 10.8 Å². The molecule has 0 saturated heterocycles. The van der Waals surface area contributed by atoms with Crippen LogP contribution in [0.3, 0.4) is 0 Å². The van der Waals surface area contributed by atoms with Crippen LogP contribution in [-0.4, -0.2) is 18.4 Å². The van der Waals surface area contributed by atoms with Gasteiger partial charge in [-0.3, -0.25) is 20.4 Å². The maximum Gasteiger partial charge on any atom is 0.276 e. The Labute approximate surface area is 151 Å². The maximum atomic E-state index is 11.7. The maximum absolute atomic E-state index is 11.7. The second-order valence-corrected chi connectivity index (χ2v) is 5.65. The predicted octanol–water partition coefficient (Wildman–Crippen LogP) is 3.14. The quantitative estimate of drug-likeness (QED) is 0.615. The van der Waals surface area contributed by atoms with Crippen molar-refractivity contribution >= 4 is 29.5 Å². The van der Waals surface area contributed by atoms with Gasteiger partial charge in [0.05, 0.1) is 0 Å². The first-order valence-corrected chi connectivity index (χ1v) is 8.19. The number of rotatable bonds is 6. The molecule has 2 N–H and O–H groups in total. The molecule has 0 aliphatic rings. The van der Waals surface area contributed by atoms with Crippen molar-refractivity contribution in [2.75, 3.05) is 6.61 Å². The van der Waals surface area contributed by atoms with Gasteiger partial charge < -0.3 is 4.74 Å². The molecule has 6 heteroatoms. The lowest BCUT2D eigenvalue weighted by atomic mass is 10.2. The van der Waals surface area contributed by atoms with Gasteiger partial charge in [0.15, 0.2) is 6.61 Å². The Morgan fingerprint density at radius 1 is 1.12 bits per heavy atom. The van der Waals surface area contributed by atoms with Crippen molar-refractivity contribution in [2.24, 2.45) is 0 Å². The molecule has 0 spiro atoms. The van der Waals surface area contributed by atoms with Crippen LogP contribution in [0.5, 0.6) is 5.75 Å². The number of amides is 2. The first-order chi connectivity index (χ1) is 12.1. The molecule has 0 atom stereocenters. The molecule has 0 aliphatic carbocycles. The molecular weight excluding hydrogens is 340 g/mol. The fraction of sp³-hybridized carbons (Fsp3) is 0.158. The minimum Gasteiger partial charge on any atom is -0.484 e. The summed E-state index contributed by atoms with van der Waals surface area (Å²) in [5.41, 5.74) is 6.54. The highest BCUT2D eigenvalue weighted by Crippen LogP contribution is 2.12. The number of halogens is 1. The molecule has 2 aromatic carbocycles. The fourth-order valence-corrected chi connectivity index (χ4v) is 2.16. The number of ether oxygens (including phenoxy) is 1. The summed E-state index contributed by atoms with van der Waals surface area (Å²) in [4.78, 5) is 23.3. The lowest BCUT2D eigenvalue weighted by molar-refractivity contribution is -0.128. The normalized spacial score (nSPS) is 10.5. The van der Waals surface area contributed by atoms with Crippen LogP contribution in [0.2, 0.25) is 5.02 Å². The summed E-state index contributed by atoms with van der Waals surface area (Å²) in [6.07, 6.45) is 3.84. The van der Waals surface area contributed by atoms with Crippen molar-refractivity contribution in [2.45, 2.75) is 13.3 Å². The van der Waals surface area contributed by atoms with Gasteiger partial charge in [0.25, 0.3) is 11.8 Å². The Balaban J connectivity index is 1.72. The van der Waals surface area contributed by atoms with Crippen molar-refractivity contribution in [3.8, 4) is 5.75 Å². The van der Waals surface area contributed by atoms with E-state index in [-0.39, 0.29) is 6.61 Å². The molecule has 0 bridgehead atoms. The van der Waals surface area contributed by atoms with Crippen LogP contribution in [0.1, 0.15) is 18.1 Å². The van der Waals surface area contributed by atoms with Gasteiger partial charge in [-0.25, -0.2) is 0 Å². The van der Waals surface area contributed by atoms with E-state index < -0.39 is 11.8 Å². The molecule has 0 fully saturated rings. The summed E-state index contributed by atoms with van der Waals surface area (Å²) >= 11 is 5.86. The zero-order valence-electron chi connectivity index (χ0n) is 13.8. The Bertz CT molecular complexity index is 758. The third kappa shape index (κ3) is 6.69. The predicted molar refractivity (Wildman–Crippen MR) is 98.1 cm³/mol. The molecule has 5 nitrogen and oxygen atoms in total. The number of carbonyl (C=O) groups excluding carboxylic acids is 2. The van der Waals surface area contributed by atoms with Crippen molar-refractivity contribution in [1.82, 2.24) is 10.9 Å². The van der Waals surface area contributed by atoms with Gasteiger partial charge in [-0.15, -0.1) is 0 Å².